The molecule has 0 spiro atoms. The number of hydrogen-bond donors (Lipinski definition) is 0. The minimum absolute atomic E-state index is 0.251. The van der Waals surface area contributed by atoms with E-state index >= 15 is 0 Å². The predicted molar refractivity (Wildman–Crippen MR) is 98.3 cm³/mol. The van der Waals surface area contributed by atoms with Crippen LogP contribution in [0.2, 0.25) is 0 Å². The van der Waals surface area contributed by atoms with E-state index in [0.717, 1.165) is 11.3 Å². The monoisotopic (exact) mass is 348 g/mol. The van der Waals surface area contributed by atoms with Crippen LogP contribution in [0.15, 0.2) is 76.7 Å². The van der Waals surface area contributed by atoms with Crippen molar-refractivity contribution in [3.05, 3.63) is 87.7 Å². The molecule has 3 aromatic rings. The van der Waals surface area contributed by atoms with Crippen molar-refractivity contribution in [2.45, 2.75) is 6.54 Å². The van der Waals surface area contributed by atoms with Gasteiger partial charge in [0.2, 0.25) is 0 Å². The van der Waals surface area contributed by atoms with Crippen LogP contribution in [0.1, 0.15) is 11.1 Å². The Hall–Kier alpha value is -2.92. The van der Waals surface area contributed by atoms with E-state index in [4.69, 9.17) is 4.74 Å². The topological polar surface area (TPSA) is 43.6 Å². The van der Waals surface area contributed by atoms with E-state index < -0.39 is 0 Å². The fourth-order valence-corrected chi connectivity index (χ4v) is 3.41. The van der Waals surface area contributed by atoms with Gasteiger partial charge in [0.25, 0.3) is 5.91 Å². The molecule has 0 radical (unpaired) electrons. The molecule has 0 bridgehead atoms. The first kappa shape index (κ1) is 15.6. The van der Waals surface area contributed by atoms with E-state index in [9.17, 15) is 4.79 Å². The van der Waals surface area contributed by atoms with Crippen LogP contribution in [-0.2, 0) is 11.3 Å². The van der Waals surface area contributed by atoms with Crippen molar-refractivity contribution < 1.29 is 9.53 Å². The lowest BCUT2D eigenvalue weighted by molar-refractivity contribution is -0.114. The van der Waals surface area contributed by atoms with Gasteiger partial charge in [0.1, 0.15) is 12.4 Å². The molecule has 2 aromatic carbocycles. The first-order valence-corrected chi connectivity index (χ1v) is 8.87. The summed E-state index contributed by atoms with van der Waals surface area (Å²) in [6, 6.07) is 17.8. The number of carbonyl (C=O) groups excluding carboxylic acids is 1. The molecule has 0 atom stereocenters. The quantitative estimate of drug-likeness (QED) is 0.727. The molecule has 0 aliphatic carbocycles. The summed E-state index contributed by atoms with van der Waals surface area (Å²) in [6.07, 6.45) is 3.81. The third-order valence-corrected chi connectivity index (χ3v) is 4.75. The van der Waals surface area contributed by atoms with Crippen LogP contribution in [0.3, 0.4) is 0 Å². The van der Waals surface area contributed by atoms with Gasteiger partial charge in [0.05, 0.1) is 5.57 Å². The molecule has 1 aromatic heterocycles. The molecular weight excluding hydrogens is 332 g/mol. The molecule has 5 heteroatoms. The maximum Gasteiger partial charge on any atom is 0.279 e. The van der Waals surface area contributed by atoms with Gasteiger partial charge >= 0.3 is 0 Å². The lowest BCUT2D eigenvalue weighted by atomic mass is 10.1. The Morgan fingerprint density at radius 3 is 2.80 bits per heavy atom. The first-order chi connectivity index (χ1) is 12.3. The van der Waals surface area contributed by atoms with E-state index in [1.54, 1.807) is 0 Å². The summed E-state index contributed by atoms with van der Waals surface area (Å²) in [5.74, 6) is 0.549. The van der Waals surface area contributed by atoms with Gasteiger partial charge in [-0.15, -0.1) is 11.3 Å². The highest BCUT2D eigenvalue weighted by molar-refractivity contribution is 7.07. The van der Waals surface area contributed by atoms with Gasteiger partial charge in [-0.2, -0.15) is 4.99 Å². The lowest BCUT2D eigenvalue weighted by Crippen LogP contribution is -2.20. The van der Waals surface area contributed by atoms with E-state index in [2.05, 4.69) is 17.1 Å². The summed E-state index contributed by atoms with van der Waals surface area (Å²) in [6.45, 7) is 0.943. The molecule has 1 amide bonds. The Labute approximate surface area is 149 Å². The molecule has 2 heterocycles. The van der Waals surface area contributed by atoms with Crippen molar-refractivity contribution in [1.82, 2.24) is 4.57 Å². The van der Waals surface area contributed by atoms with Crippen LogP contribution in [-0.4, -0.2) is 17.1 Å². The van der Waals surface area contributed by atoms with E-state index in [0.29, 0.717) is 16.9 Å². The molecule has 0 fully saturated rings. The number of thiazole rings is 1. The number of nitrogens with zero attached hydrogens (tertiary/aromatic N) is 2. The number of aromatic nitrogens is 1. The molecule has 0 N–H and O–H groups in total. The zero-order valence-electron chi connectivity index (χ0n) is 13.5. The summed E-state index contributed by atoms with van der Waals surface area (Å²) in [5.41, 5.74) is 2.65. The van der Waals surface area contributed by atoms with Crippen LogP contribution in [0.5, 0.6) is 5.75 Å². The number of carbonyl (C=O) groups is 1. The Bertz CT molecular complexity index is 1000. The van der Waals surface area contributed by atoms with Crippen molar-refractivity contribution in [2.75, 3.05) is 6.61 Å². The number of ether oxygens (including phenoxy) is 1. The normalized spacial score (nSPS) is 13.8. The molecule has 124 valence electrons. The molecule has 0 unspecified atom stereocenters. The van der Waals surface area contributed by atoms with Gasteiger partial charge in [0.15, 0.2) is 4.80 Å². The average molecular weight is 348 g/mol. The first-order valence-electron chi connectivity index (χ1n) is 7.99. The Kier molecular flexibility index (Phi) is 4.31. The molecule has 4 rings (SSSR count). The number of hydrogen-bond acceptors (Lipinski definition) is 3. The minimum Gasteiger partial charge on any atom is -0.488 e. The molecule has 1 aliphatic rings. The predicted octanol–water partition coefficient (Wildman–Crippen LogP) is 3.50. The Morgan fingerprint density at radius 2 is 1.92 bits per heavy atom. The summed E-state index contributed by atoms with van der Waals surface area (Å²) in [5, 5.41) is 1.94. The maximum atomic E-state index is 12.6. The molecular formula is C20H16N2O2S. The van der Waals surface area contributed by atoms with Crippen molar-refractivity contribution >= 4 is 23.3 Å². The average Bonchev–Trinajstić information content (AvgIpc) is 3.08. The standard InChI is InChI=1S/C20H16N2O2S/c23-19(17-12-16-8-4-5-9-18(16)24-14-17)21-20-22(10-11-25-20)13-15-6-2-1-3-7-15/h1-12H,13-14H2. The Balaban J connectivity index is 1.61. The summed E-state index contributed by atoms with van der Waals surface area (Å²) < 4.78 is 7.63. The zero-order chi connectivity index (χ0) is 17.1. The third-order valence-electron chi connectivity index (χ3n) is 3.96. The van der Waals surface area contributed by atoms with Crippen molar-refractivity contribution in [3.63, 3.8) is 0 Å². The van der Waals surface area contributed by atoms with E-state index in [1.807, 2.05) is 64.7 Å². The summed E-state index contributed by atoms with van der Waals surface area (Å²) in [4.78, 5) is 17.6. The number of fused-ring (bicyclic) bond motifs is 1. The molecule has 0 saturated carbocycles. The van der Waals surface area contributed by atoms with E-state index in [-0.39, 0.29) is 12.5 Å². The smallest absolute Gasteiger partial charge is 0.279 e. The number of para-hydroxylation sites is 1. The van der Waals surface area contributed by atoms with Crippen LogP contribution in [0, 0.1) is 0 Å². The highest BCUT2D eigenvalue weighted by atomic mass is 32.1. The van der Waals surface area contributed by atoms with Crippen LogP contribution < -0.4 is 9.54 Å². The fourth-order valence-electron chi connectivity index (χ4n) is 2.69. The second-order valence-electron chi connectivity index (χ2n) is 5.71. The fraction of sp³-hybridized carbons (Fsp3) is 0.100. The highest BCUT2D eigenvalue weighted by Crippen LogP contribution is 2.25. The van der Waals surface area contributed by atoms with Crippen molar-refractivity contribution in [3.8, 4) is 5.75 Å². The second-order valence-corrected chi connectivity index (χ2v) is 6.59. The zero-order valence-corrected chi connectivity index (χ0v) is 14.3. The highest BCUT2D eigenvalue weighted by Gasteiger charge is 2.16. The lowest BCUT2D eigenvalue weighted by Gasteiger charge is -2.15. The molecule has 25 heavy (non-hydrogen) atoms. The number of amides is 1. The van der Waals surface area contributed by atoms with Gasteiger partial charge in [0, 0.05) is 23.7 Å². The number of rotatable bonds is 3. The van der Waals surface area contributed by atoms with Gasteiger partial charge in [-0.3, -0.25) is 4.79 Å². The minimum atomic E-state index is -0.251. The summed E-state index contributed by atoms with van der Waals surface area (Å²) >= 11 is 1.45. The van der Waals surface area contributed by atoms with Gasteiger partial charge in [-0.1, -0.05) is 48.5 Å². The number of benzene rings is 2. The van der Waals surface area contributed by atoms with Crippen LogP contribution in [0.4, 0.5) is 0 Å². The summed E-state index contributed by atoms with van der Waals surface area (Å²) in [7, 11) is 0. The van der Waals surface area contributed by atoms with Crippen molar-refractivity contribution in [1.29, 1.82) is 0 Å². The Morgan fingerprint density at radius 1 is 1.12 bits per heavy atom. The van der Waals surface area contributed by atoms with Gasteiger partial charge < -0.3 is 9.30 Å². The van der Waals surface area contributed by atoms with Crippen molar-refractivity contribution in [2.24, 2.45) is 4.99 Å². The maximum absolute atomic E-state index is 12.6. The SMILES string of the molecule is O=C(N=c1sccn1Cc1ccccc1)C1=Cc2ccccc2OC1. The largest absolute Gasteiger partial charge is 0.488 e. The van der Waals surface area contributed by atoms with Crippen LogP contribution >= 0.6 is 11.3 Å². The van der Waals surface area contributed by atoms with Crippen LogP contribution in [0.25, 0.3) is 6.08 Å². The molecule has 1 aliphatic heterocycles. The van der Waals surface area contributed by atoms with Gasteiger partial charge in [-0.25, -0.2) is 0 Å². The molecule has 4 nitrogen and oxygen atoms in total. The van der Waals surface area contributed by atoms with Gasteiger partial charge in [-0.05, 0) is 17.7 Å². The third kappa shape index (κ3) is 3.46. The second kappa shape index (κ2) is 6.91. The molecule has 0 saturated heterocycles. The van der Waals surface area contributed by atoms with E-state index in [1.165, 1.54) is 16.9 Å².